The van der Waals surface area contributed by atoms with E-state index in [0.29, 0.717) is 44.2 Å². The molecule has 0 aliphatic carbocycles. The van der Waals surface area contributed by atoms with Crippen LogP contribution in [0.25, 0.3) is 0 Å². The van der Waals surface area contributed by atoms with E-state index in [4.69, 9.17) is 9.47 Å². The van der Waals surface area contributed by atoms with E-state index in [2.05, 4.69) is 52.4 Å². The van der Waals surface area contributed by atoms with Crippen molar-refractivity contribution in [3.05, 3.63) is 93.2 Å². The van der Waals surface area contributed by atoms with Crippen LogP contribution in [0.4, 0.5) is 4.39 Å². The number of rotatable bonds is 10. The zero-order chi connectivity index (χ0) is 21.3. The standard InChI is InChI=1S/C25H27BrFNO2/c1-3-29-24-15-20(16-28-13-12-21-6-4-5-7-23(21)27)14-22(26)25(24)30-17-19-10-8-18(2)9-11-19/h4-11,14-15,28H,3,12-13,16-17H2,1-2H3. The summed E-state index contributed by atoms with van der Waals surface area (Å²) in [7, 11) is 0. The topological polar surface area (TPSA) is 30.5 Å². The molecule has 5 heteroatoms. The highest BCUT2D eigenvalue weighted by molar-refractivity contribution is 9.10. The number of ether oxygens (including phenoxy) is 2. The Hall–Kier alpha value is -2.37. The highest BCUT2D eigenvalue weighted by atomic mass is 79.9. The Kier molecular flexibility index (Phi) is 8.29. The van der Waals surface area contributed by atoms with E-state index in [9.17, 15) is 4.39 Å². The molecule has 0 amide bonds. The van der Waals surface area contributed by atoms with Crippen LogP contribution in [-0.4, -0.2) is 13.2 Å². The molecule has 0 heterocycles. The molecule has 0 aromatic heterocycles. The van der Waals surface area contributed by atoms with Gasteiger partial charge < -0.3 is 14.8 Å². The number of halogens is 2. The van der Waals surface area contributed by atoms with Gasteiger partial charge in [-0.3, -0.25) is 0 Å². The SMILES string of the molecule is CCOc1cc(CNCCc2ccccc2F)cc(Br)c1OCc1ccc(C)cc1. The fourth-order valence-corrected chi connectivity index (χ4v) is 3.73. The van der Waals surface area contributed by atoms with Crippen LogP contribution in [-0.2, 0) is 19.6 Å². The van der Waals surface area contributed by atoms with Crippen LogP contribution >= 0.6 is 15.9 Å². The lowest BCUT2D eigenvalue weighted by molar-refractivity contribution is 0.267. The van der Waals surface area contributed by atoms with Gasteiger partial charge >= 0.3 is 0 Å². The van der Waals surface area contributed by atoms with Gasteiger partial charge in [0, 0.05) is 6.54 Å². The molecule has 0 bridgehead atoms. The molecule has 1 N–H and O–H groups in total. The van der Waals surface area contributed by atoms with Gasteiger partial charge in [0.05, 0.1) is 11.1 Å². The molecule has 0 aliphatic heterocycles. The van der Waals surface area contributed by atoms with Gasteiger partial charge in [0.15, 0.2) is 11.5 Å². The molecule has 3 nitrogen and oxygen atoms in total. The molecule has 158 valence electrons. The first-order chi connectivity index (χ1) is 14.6. The lowest BCUT2D eigenvalue weighted by Crippen LogP contribution is -2.17. The van der Waals surface area contributed by atoms with Crippen molar-refractivity contribution < 1.29 is 13.9 Å². The predicted molar refractivity (Wildman–Crippen MR) is 123 cm³/mol. The van der Waals surface area contributed by atoms with Crippen molar-refractivity contribution in [2.75, 3.05) is 13.2 Å². The summed E-state index contributed by atoms with van der Waals surface area (Å²) < 4.78 is 26.5. The second kappa shape index (κ2) is 11.1. The molecule has 0 unspecified atom stereocenters. The number of hydrogen-bond acceptors (Lipinski definition) is 3. The van der Waals surface area contributed by atoms with Gasteiger partial charge in [-0.15, -0.1) is 0 Å². The molecular weight excluding hydrogens is 445 g/mol. The number of hydrogen-bond donors (Lipinski definition) is 1. The lowest BCUT2D eigenvalue weighted by Gasteiger charge is -2.16. The van der Waals surface area contributed by atoms with Crippen molar-refractivity contribution in [2.45, 2.75) is 33.4 Å². The van der Waals surface area contributed by atoms with Crippen LogP contribution in [0.2, 0.25) is 0 Å². The number of aryl methyl sites for hydroxylation is 1. The smallest absolute Gasteiger partial charge is 0.175 e. The van der Waals surface area contributed by atoms with E-state index in [1.807, 2.05) is 31.2 Å². The Labute approximate surface area is 186 Å². The molecule has 0 aliphatic rings. The first kappa shape index (κ1) is 22.3. The van der Waals surface area contributed by atoms with Crippen LogP contribution in [0.5, 0.6) is 11.5 Å². The van der Waals surface area contributed by atoms with Gasteiger partial charge in [-0.05, 0) is 77.6 Å². The second-order valence-corrected chi connectivity index (χ2v) is 7.98. The normalized spacial score (nSPS) is 10.8. The summed E-state index contributed by atoms with van der Waals surface area (Å²) in [6.45, 7) is 6.39. The van der Waals surface area contributed by atoms with Crippen molar-refractivity contribution in [1.82, 2.24) is 5.32 Å². The van der Waals surface area contributed by atoms with E-state index in [1.165, 1.54) is 11.6 Å². The van der Waals surface area contributed by atoms with E-state index < -0.39 is 0 Å². The summed E-state index contributed by atoms with van der Waals surface area (Å²) in [5.74, 6) is 1.26. The number of nitrogens with one attached hydrogen (secondary N) is 1. The maximum atomic E-state index is 13.7. The molecule has 0 radical (unpaired) electrons. The van der Waals surface area contributed by atoms with Crippen LogP contribution in [0.15, 0.2) is 65.1 Å². The first-order valence-electron chi connectivity index (χ1n) is 10.1. The lowest BCUT2D eigenvalue weighted by atomic mass is 10.1. The van der Waals surface area contributed by atoms with E-state index >= 15 is 0 Å². The zero-order valence-electron chi connectivity index (χ0n) is 17.4. The van der Waals surface area contributed by atoms with E-state index in [-0.39, 0.29) is 5.82 Å². The van der Waals surface area contributed by atoms with E-state index in [0.717, 1.165) is 21.2 Å². The molecule has 0 atom stereocenters. The summed E-state index contributed by atoms with van der Waals surface area (Å²) in [4.78, 5) is 0. The quantitative estimate of drug-likeness (QED) is 0.356. The average molecular weight is 472 g/mol. The average Bonchev–Trinajstić information content (AvgIpc) is 2.73. The predicted octanol–water partition coefficient (Wildman–Crippen LogP) is 6.21. The van der Waals surface area contributed by atoms with Crippen molar-refractivity contribution in [3.8, 4) is 11.5 Å². The highest BCUT2D eigenvalue weighted by Crippen LogP contribution is 2.37. The molecule has 3 aromatic rings. The second-order valence-electron chi connectivity index (χ2n) is 7.13. The fourth-order valence-electron chi connectivity index (χ4n) is 3.12. The Balaban J connectivity index is 1.61. The van der Waals surface area contributed by atoms with Crippen molar-refractivity contribution in [1.29, 1.82) is 0 Å². The van der Waals surface area contributed by atoms with Gasteiger partial charge in [-0.2, -0.15) is 0 Å². The van der Waals surface area contributed by atoms with Crippen LogP contribution in [0.3, 0.4) is 0 Å². The Morgan fingerprint density at radius 2 is 1.73 bits per heavy atom. The fraction of sp³-hybridized carbons (Fsp3) is 0.280. The highest BCUT2D eigenvalue weighted by Gasteiger charge is 2.13. The Bertz CT molecular complexity index is 960. The summed E-state index contributed by atoms with van der Waals surface area (Å²) >= 11 is 3.63. The minimum absolute atomic E-state index is 0.157. The van der Waals surface area contributed by atoms with Gasteiger partial charge in [-0.25, -0.2) is 4.39 Å². The van der Waals surface area contributed by atoms with Crippen LogP contribution in [0.1, 0.15) is 29.2 Å². The van der Waals surface area contributed by atoms with Crippen LogP contribution in [0, 0.1) is 12.7 Å². The van der Waals surface area contributed by atoms with Crippen molar-refractivity contribution in [2.24, 2.45) is 0 Å². The minimum atomic E-state index is -0.157. The molecule has 3 rings (SSSR count). The molecule has 3 aromatic carbocycles. The largest absolute Gasteiger partial charge is 0.490 e. The Morgan fingerprint density at radius 3 is 2.47 bits per heavy atom. The summed E-state index contributed by atoms with van der Waals surface area (Å²) in [5.41, 5.74) is 4.12. The van der Waals surface area contributed by atoms with Gasteiger partial charge in [0.25, 0.3) is 0 Å². The molecule has 0 fully saturated rings. The van der Waals surface area contributed by atoms with Crippen molar-refractivity contribution >= 4 is 15.9 Å². The summed E-state index contributed by atoms with van der Waals surface area (Å²) in [5, 5.41) is 3.37. The monoisotopic (exact) mass is 471 g/mol. The third-order valence-corrected chi connectivity index (χ3v) is 5.32. The molecule has 0 spiro atoms. The molecule has 30 heavy (non-hydrogen) atoms. The van der Waals surface area contributed by atoms with Gasteiger partial charge in [-0.1, -0.05) is 48.0 Å². The maximum absolute atomic E-state index is 13.7. The Morgan fingerprint density at radius 1 is 0.967 bits per heavy atom. The third kappa shape index (κ3) is 6.31. The number of benzene rings is 3. The zero-order valence-corrected chi connectivity index (χ0v) is 19.0. The van der Waals surface area contributed by atoms with Crippen molar-refractivity contribution in [3.63, 3.8) is 0 Å². The van der Waals surface area contributed by atoms with E-state index in [1.54, 1.807) is 6.07 Å². The molecule has 0 saturated carbocycles. The third-order valence-electron chi connectivity index (χ3n) is 4.73. The summed E-state index contributed by atoms with van der Waals surface area (Å²) in [6, 6.07) is 19.2. The molecule has 0 saturated heterocycles. The van der Waals surface area contributed by atoms with Gasteiger partial charge in [0.2, 0.25) is 0 Å². The maximum Gasteiger partial charge on any atom is 0.175 e. The first-order valence-corrected chi connectivity index (χ1v) is 10.9. The van der Waals surface area contributed by atoms with Gasteiger partial charge in [0.1, 0.15) is 12.4 Å². The summed E-state index contributed by atoms with van der Waals surface area (Å²) in [6.07, 6.45) is 0.643. The van der Waals surface area contributed by atoms with Crippen LogP contribution < -0.4 is 14.8 Å². The minimum Gasteiger partial charge on any atom is -0.490 e. The molecular formula is C25H27BrFNO2.